The highest BCUT2D eigenvalue weighted by atomic mass is 32.2. The molecule has 0 aliphatic carbocycles. The highest BCUT2D eigenvalue weighted by Crippen LogP contribution is 2.29. The Bertz CT molecular complexity index is 758. The van der Waals surface area contributed by atoms with Crippen LogP contribution in [0.3, 0.4) is 0 Å². The van der Waals surface area contributed by atoms with E-state index in [9.17, 15) is 9.59 Å². The van der Waals surface area contributed by atoms with Crippen LogP contribution in [0, 0.1) is 6.92 Å². The van der Waals surface area contributed by atoms with E-state index >= 15 is 0 Å². The van der Waals surface area contributed by atoms with E-state index in [4.69, 9.17) is 4.74 Å². The summed E-state index contributed by atoms with van der Waals surface area (Å²) in [7, 11) is 0. The average Bonchev–Trinajstić information content (AvgIpc) is 2.55. The van der Waals surface area contributed by atoms with Gasteiger partial charge < -0.3 is 10.1 Å². The summed E-state index contributed by atoms with van der Waals surface area (Å²) in [6.07, 6.45) is 0. The Labute approximate surface area is 139 Å². The first-order valence-electron chi connectivity index (χ1n) is 7.35. The molecule has 118 valence electrons. The van der Waals surface area contributed by atoms with Gasteiger partial charge in [-0.2, -0.15) is 0 Å². The van der Waals surface area contributed by atoms with Crippen LogP contribution in [0.2, 0.25) is 0 Å². The van der Waals surface area contributed by atoms with Gasteiger partial charge in [0.2, 0.25) is 0 Å². The lowest BCUT2D eigenvalue weighted by Crippen LogP contribution is -2.25. The maximum absolute atomic E-state index is 12.3. The van der Waals surface area contributed by atoms with Gasteiger partial charge in [0.25, 0.3) is 5.91 Å². The molecular formula is C18H17NO3S. The summed E-state index contributed by atoms with van der Waals surface area (Å²) < 4.78 is 5.29. The zero-order valence-electron chi connectivity index (χ0n) is 12.8. The fourth-order valence-corrected chi connectivity index (χ4v) is 3.36. The van der Waals surface area contributed by atoms with Gasteiger partial charge in [-0.15, -0.1) is 11.8 Å². The minimum Gasteiger partial charge on any atom is -0.482 e. The number of carbonyl (C=O) groups is 2. The van der Waals surface area contributed by atoms with Crippen molar-refractivity contribution >= 4 is 29.1 Å². The minimum absolute atomic E-state index is 0.0204. The van der Waals surface area contributed by atoms with Crippen LogP contribution < -0.4 is 10.1 Å². The number of Topliss-reactive ketones (excluding diaryl/α,β-unsaturated/α-hetero) is 1. The van der Waals surface area contributed by atoms with E-state index < -0.39 is 0 Å². The molecule has 0 saturated carbocycles. The molecule has 23 heavy (non-hydrogen) atoms. The van der Waals surface area contributed by atoms with E-state index in [0.717, 1.165) is 5.75 Å². The predicted molar refractivity (Wildman–Crippen MR) is 92.2 cm³/mol. The highest BCUT2D eigenvalue weighted by Gasteiger charge is 2.17. The summed E-state index contributed by atoms with van der Waals surface area (Å²) in [5.41, 5.74) is 3.64. The maximum atomic E-state index is 12.3. The van der Waals surface area contributed by atoms with Crippen molar-refractivity contribution in [2.45, 2.75) is 12.7 Å². The summed E-state index contributed by atoms with van der Waals surface area (Å²) in [5.74, 6) is 1.67. The second-order valence-electron chi connectivity index (χ2n) is 5.39. The number of fused-ring (bicyclic) bond motifs is 1. The first-order chi connectivity index (χ1) is 11.1. The molecule has 1 amide bonds. The zero-order chi connectivity index (χ0) is 16.2. The fourth-order valence-electron chi connectivity index (χ4n) is 2.37. The SMILES string of the molecule is Cc1ccccc1CSCC(=O)c1ccc2c(c1)NC(=O)CO2. The van der Waals surface area contributed by atoms with Crippen molar-refractivity contribution in [3.63, 3.8) is 0 Å². The summed E-state index contributed by atoms with van der Waals surface area (Å²) >= 11 is 1.59. The normalized spacial score (nSPS) is 13.0. The van der Waals surface area contributed by atoms with Gasteiger partial charge >= 0.3 is 0 Å². The number of carbonyl (C=O) groups excluding carboxylic acids is 2. The summed E-state index contributed by atoms with van der Waals surface area (Å²) in [5, 5.41) is 2.72. The monoisotopic (exact) mass is 327 g/mol. The predicted octanol–water partition coefficient (Wildman–Crippen LogP) is 3.44. The fraction of sp³-hybridized carbons (Fsp3) is 0.222. The molecule has 3 rings (SSSR count). The highest BCUT2D eigenvalue weighted by molar-refractivity contribution is 7.99. The van der Waals surface area contributed by atoms with Crippen LogP contribution in [-0.4, -0.2) is 24.1 Å². The van der Waals surface area contributed by atoms with Crippen molar-refractivity contribution in [3.05, 3.63) is 59.2 Å². The van der Waals surface area contributed by atoms with Gasteiger partial charge in [-0.05, 0) is 36.2 Å². The van der Waals surface area contributed by atoms with E-state index in [1.54, 1.807) is 30.0 Å². The Hall–Kier alpha value is -2.27. The van der Waals surface area contributed by atoms with E-state index in [1.165, 1.54) is 11.1 Å². The molecule has 0 spiro atoms. The van der Waals surface area contributed by atoms with Gasteiger partial charge in [-0.1, -0.05) is 24.3 Å². The van der Waals surface area contributed by atoms with E-state index in [1.807, 2.05) is 12.1 Å². The van der Waals surface area contributed by atoms with Gasteiger partial charge in [-0.3, -0.25) is 9.59 Å². The topological polar surface area (TPSA) is 55.4 Å². The number of benzene rings is 2. The van der Waals surface area contributed by atoms with Crippen molar-refractivity contribution in [3.8, 4) is 5.75 Å². The zero-order valence-corrected chi connectivity index (χ0v) is 13.6. The summed E-state index contributed by atoms with van der Waals surface area (Å²) in [6, 6.07) is 13.3. The molecule has 0 unspecified atom stereocenters. The van der Waals surface area contributed by atoms with Gasteiger partial charge in [0.05, 0.1) is 11.4 Å². The number of thioether (sulfide) groups is 1. The van der Waals surface area contributed by atoms with Crippen LogP contribution in [0.25, 0.3) is 0 Å². The van der Waals surface area contributed by atoms with Crippen LogP contribution in [0.15, 0.2) is 42.5 Å². The Morgan fingerprint density at radius 2 is 2.09 bits per heavy atom. The van der Waals surface area contributed by atoms with Crippen molar-refractivity contribution < 1.29 is 14.3 Å². The minimum atomic E-state index is -0.198. The van der Waals surface area contributed by atoms with Gasteiger partial charge in [0.1, 0.15) is 5.75 Å². The van der Waals surface area contributed by atoms with Crippen molar-refractivity contribution in [2.75, 3.05) is 17.7 Å². The molecule has 2 aromatic rings. The van der Waals surface area contributed by atoms with Crippen LogP contribution in [0.4, 0.5) is 5.69 Å². The standard InChI is InChI=1S/C18H17NO3S/c1-12-4-2-3-5-14(12)10-23-11-16(20)13-6-7-17-15(8-13)19-18(21)9-22-17/h2-8H,9-11H2,1H3,(H,19,21). The third-order valence-corrected chi connectivity index (χ3v) is 4.67. The molecule has 1 aliphatic rings. The quantitative estimate of drug-likeness (QED) is 0.855. The van der Waals surface area contributed by atoms with Crippen LogP contribution >= 0.6 is 11.8 Å². The van der Waals surface area contributed by atoms with Gasteiger partial charge in [-0.25, -0.2) is 0 Å². The number of hydrogen-bond donors (Lipinski definition) is 1. The largest absolute Gasteiger partial charge is 0.482 e. The number of ether oxygens (including phenoxy) is 1. The number of ketones is 1. The maximum Gasteiger partial charge on any atom is 0.262 e. The molecule has 0 radical (unpaired) electrons. The molecule has 1 aliphatic heterocycles. The van der Waals surface area contributed by atoms with Crippen molar-refractivity contribution in [1.29, 1.82) is 0 Å². The van der Waals surface area contributed by atoms with Crippen LogP contribution in [0.1, 0.15) is 21.5 Å². The number of nitrogens with one attached hydrogen (secondary N) is 1. The molecule has 1 N–H and O–H groups in total. The summed E-state index contributed by atoms with van der Waals surface area (Å²) in [4.78, 5) is 23.7. The van der Waals surface area contributed by atoms with Crippen LogP contribution in [0.5, 0.6) is 5.75 Å². The van der Waals surface area contributed by atoms with Gasteiger partial charge in [0, 0.05) is 11.3 Å². The molecule has 1 heterocycles. The number of anilines is 1. The molecule has 5 heteroatoms. The molecule has 0 saturated heterocycles. The number of amides is 1. The number of rotatable bonds is 5. The first kappa shape index (κ1) is 15.6. The Balaban J connectivity index is 1.61. The molecular weight excluding hydrogens is 310 g/mol. The lowest BCUT2D eigenvalue weighted by Gasteiger charge is -2.18. The van der Waals surface area contributed by atoms with Crippen LogP contribution in [-0.2, 0) is 10.5 Å². The molecule has 0 aromatic heterocycles. The average molecular weight is 327 g/mol. The third kappa shape index (κ3) is 3.74. The number of hydrogen-bond acceptors (Lipinski definition) is 4. The Morgan fingerprint density at radius 3 is 2.91 bits per heavy atom. The second-order valence-corrected chi connectivity index (χ2v) is 6.38. The molecule has 0 bridgehead atoms. The summed E-state index contributed by atoms with van der Waals surface area (Å²) in [6.45, 7) is 2.09. The van der Waals surface area contributed by atoms with E-state index in [-0.39, 0.29) is 18.3 Å². The van der Waals surface area contributed by atoms with Gasteiger partial charge in [0.15, 0.2) is 12.4 Å². The molecule has 2 aromatic carbocycles. The Kier molecular flexibility index (Phi) is 4.67. The second kappa shape index (κ2) is 6.87. The Morgan fingerprint density at radius 1 is 1.26 bits per heavy atom. The third-order valence-electron chi connectivity index (χ3n) is 3.69. The van der Waals surface area contributed by atoms with Crippen molar-refractivity contribution in [2.24, 2.45) is 0 Å². The first-order valence-corrected chi connectivity index (χ1v) is 8.51. The number of aryl methyl sites for hydroxylation is 1. The molecule has 0 fully saturated rings. The molecule has 4 nitrogen and oxygen atoms in total. The lowest BCUT2D eigenvalue weighted by atomic mass is 10.1. The molecule has 0 atom stereocenters. The smallest absolute Gasteiger partial charge is 0.262 e. The van der Waals surface area contributed by atoms with E-state index in [0.29, 0.717) is 22.8 Å². The van der Waals surface area contributed by atoms with E-state index in [2.05, 4.69) is 24.4 Å². The lowest BCUT2D eigenvalue weighted by molar-refractivity contribution is -0.118. The van der Waals surface area contributed by atoms with Crippen molar-refractivity contribution in [1.82, 2.24) is 0 Å².